The van der Waals surface area contributed by atoms with Crippen LogP contribution >= 0.6 is 0 Å². The van der Waals surface area contributed by atoms with Crippen molar-refractivity contribution in [3.05, 3.63) is 69.8 Å². The first kappa shape index (κ1) is 21.0. The molecule has 0 amide bonds. The standard InChI is InChI=1S/C22H28N4O3/c1-22(2,25-13-11-24(3)12-14-25)16-23-19-10-9-18(15-20(19)26(28)29)21(27)17-7-5-4-6-8-17/h4-10,15,23H,11-14,16H2,1-3H3. The molecule has 154 valence electrons. The van der Waals surface area contributed by atoms with E-state index in [9.17, 15) is 14.9 Å². The van der Waals surface area contributed by atoms with Crippen LogP contribution in [0.4, 0.5) is 11.4 Å². The van der Waals surface area contributed by atoms with E-state index >= 15 is 0 Å². The predicted octanol–water partition coefficient (Wildman–Crippen LogP) is 3.26. The molecule has 1 fully saturated rings. The molecular weight excluding hydrogens is 368 g/mol. The summed E-state index contributed by atoms with van der Waals surface area (Å²) in [6.45, 7) is 8.83. The molecule has 1 aliphatic heterocycles. The highest BCUT2D eigenvalue weighted by Crippen LogP contribution is 2.28. The van der Waals surface area contributed by atoms with E-state index in [1.807, 2.05) is 6.07 Å². The highest BCUT2D eigenvalue weighted by Gasteiger charge is 2.30. The van der Waals surface area contributed by atoms with Gasteiger partial charge in [-0.1, -0.05) is 30.3 Å². The molecule has 0 aliphatic carbocycles. The largest absolute Gasteiger partial charge is 0.378 e. The van der Waals surface area contributed by atoms with E-state index in [1.165, 1.54) is 6.07 Å². The summed E-state index contributed by atoms with van der Waals surface area (Å²) in [6, 6.07) is 13.4. The number of benzene rings is 2. The minimum atomic E-state index is -0.438. The fraction of sp³-hybridized carbons (Fsp3) is 0.409. The second-order valence-corrected chi connectivity index (χ2v) is 8.14. The van der Waals surface area contributed by atoms with Gasteiger partial charge >= 0.3 is 0 Å². The van der Waals surface area contributed by atoms with Crippen molar-refractivity contribution in [1.29, 1.82) is 0 Å². The third kappa shape index (κ3) is 4.99. The molecule has 1 aliphatic rings. The number of anilines is 1. The average Bonchev–Trinajstić information content (AvgIpc) is 2.72. The highest BCUT2D eigenvalue weighted by atomic mass is 16.6. The summed E-state index contributed by atoms with van der Waals surface area (Å²) in [5, 5.41) is 14.9. The van der Waals surface area contributed by atoms with Gasteiger partial charge in [-0.25, -0.2) is 0 Å². The summed E-state index contributed by atoms with van der Waals surface area (Å²) in [5.74, 6) is -0.224. The Hall–Kier alpha value is -2.77. The number of ketones is 1. The number of piperazine rings is 1. The van der Waals surface area contributed by atoms with Gasteiger partial charge in [-0.3, -0.25) is 19.8 Å². The summed E-state index contributed by atoms with van der Waals surface area (Å²) in [7, 11) is 2.12. The van der Waals surface area contributed by atoms with E-state index in [-0.39, 0.29) is 17.0 Å². The van der Waals surface area contributed by atoms with Crippen LogP contribution in [0.15, 0.2) is 48.5 Å². The van der Waals surface area contributed by atoms with Crippen LogP contribution < -0.4 is 5.32 Å². The molecule has 0 unspecified atom stereocenters. The first-order valence-electron chi connectivity index (χ1n) is 9.83. The van der Waals surface area contributed by atoms with Gasteiger partial charge in [0.05, 0.1) is 4.92 Å². The van der Waals surface area contributed by atoms with Gasteiger partial charge in [0.15, 0.2) is 5.78 Å². The number of rotatable bonds is 7. The second kappa shape index (κ2) is 8.71. The maximum absolute atomic E-state index is 12.6. The van der Waals surface area contributed by atoms with E-state index in [1.54, 1.807) is 36.4 Å². The minimum absolute atomic E-state index is 0.0824. The van der Waals surface area contributed by atoms with Gasteiger partial charge in [0, 0.05) is 55.5 Å². The molecule has 0 spiro atoms. The van der Waals surface area contributed by atoms with E-state index in [2.05, 4.69) is 36.0 Å². The Morgan fingerprint density at radius 2 is 1.72 bits per heavy atom. The lowest BCUT2D eigenvalue weighted by Crippen LogP contribution is -2.56. The second-order valence-electron chi connectivity index (χ2n) is 8.14. The topological polar surface area (TPSA) is 78.7 Å². The summed E-state index contributed by atoms with van der Waals surface area (Å²) < 4.78 is 0. The van der Waals surface area contributed by atoms with Crippen molar-refractivity contribution in [1.82, 2.24) is 9.80 Å². The van der Waals surface area contributed by atoms with Crippen molar-refractivity contribution in [2.45, 2.75) is 19.4 Å². The van der Waals surface area contributed by atoms with E-state index in [0.717, 1.165) is 26.2 Å². The Kier molecular flexibility index (Phi) is 6.30. The van der Waals surface area contributed by atoms with Crippen molar-refractivity contribution >= 4 is 17.2 Å². The molecule has 0 aromatic heterocycles. The van der Waals surface area contributed by atoms with Gasteiger partial charge in [0.1, 0.15) is 5.69 Å². The Morgan fingerprint density at radius 1 is 1.07 bits per heavy atom. The zero-order valence-corrected chi connectivity index (χ0v) is 17.2. The molecule has 0 bridgehead atoms. The lowest BCUT2D eigenvalue weighted by molar-refractivity contribution is -0.384. The Bertz CT molecular complexity index is 875. The number of nitro groups is 1. The van der Waals surface area contributed by atoms with Gasteiger partial charge in [0.2, 0.25) is 0 Å². The number of hydrogen-bond acceptors (Lipinski definition) is 6. The maximum atomic E-state index is 12.6. The minimum Gasteiger partial charge on any atom is -0.378 e. The van der Waals surface area contributed by atoms with E-state index in [4.69, 9.17) is 0 Å². The van der Waals surface area contributed by atoms with Crippen molar-refractivity contribution < 1.29 is 9.72 Å². The molecule has 7 nitrogen and oxygen atoms in total. The number of nitrogens with zero attached hydrogens (tertiary/aromatic N) is 3. The molecule has 29 heavy (non-hydrogen) atoms. The molecule has 1 N–H and O–H groups in total. The number of likely N-dealkylation sites (N-methyl/N-ethyl adjacent to an activating group) is 1. The van der Waals surface area contributed by atoms with Crippen molar-refractivity contribution in [3.63, 3.8) is 0 Å². The van der Waals surface area contributed by atoms with Crippen LogP contribution in [0.1, 0.15) is 29.8 Å². The van der Waals surface area contributed by atoms with Crippen LogP contribution in [-0.4, -0.2) is 65.8 Å². The zero-order valence-electron chi connectivity index (χ0n) is 17.2. The first-order chi connectivity index (χ1) is 13.8. The fourth-order valence-corrected chi connectivity index (χ4v) is 3.56. The smallest absolute Gasteiger partial charge is 0.293 e. The van der Waals surface area contributed by atoms with Crippen LogP contribution in [0.5, 0.6) is 0 Å². The van der Waals surface area contributed by atoms with Crippen LogP contribution in [0, 0.1) is 10.1 Å². The number of carbonyl (C=O) groups excluding carboxylic acids is 1. The van der Waals surface area contributed by atoms with E-state index in [0.29, 0.717) is 23.4 Å². The molecule has 7 heteroatoms. The molecule has 2 aromatic carbocycles. The molecule has 0 radical (unpaired) electrons. The van der Waals surface area contributed by atoms with Gasteiger partial charge in [0.25, 0.3) is 5.69 Å². The molecule has 2 aromatic rings. The van der Waals surface area contributed by atoms with Gasteiger partial charge in [-0.15, -0.1) is 0 Å². The quantitative estimate of drug-likeness (QED) is 0.440. The van der Waals surface area contributed by atoms with E-state index < -0.39 is 4.92 Å². The maximum Gasteiger partial charge on any atom is 0.293 e. The lowest BCUT2D eigenvalue weighted by Gasteiger charge is -2.43. The summed E-state index contributed by atoms with van der Waals surface area (Å²) in [6.07, 6.45) is 0. The Balaban J connectivity index is 1.75. The van der Waals surface area contributed by atoms with Gasteiger partial charge < -0.3 is 10.2 Å². The number of hydrogen-bond donors (Lipinski definition) is 1. The molecule has 0 atom stereocenters. The SMILES string of the molecule is CN1CCN(C(C)(C)CNc2ccc(C(=O)c3ccccc3)cc2[N+](=O)[O-])CC1. The Morgan fingerprint density at radius 3 is 2.34 bits per heavy atom. The molecule has 0 saturated carbocycles. The fourth-order valence-electron chi connectivity index (χ4n) is 3.56. The van der Waals surface area contributed by atoms with Gasteiger partial charge in [-0.2, -0.15) is 0 Å². The van der Waals surface area contributed by atoms with Crippen LogP contribution in [0.3, 0.4) is 0 Å². The summed E-state index contributed by atoms with van der Waals surface area (Å²) in [5.41, 5.74) is 1.03. The van der Waals surface area contributed by atoms with Crippen LogP contribution in [0.25, 0.3) is 0 Å². The molecule has 3 rings (SSSR count). The van der Waals surface area contributed by atoms with Crippen LogP contribution in [0.2, 0.25) is 0 Å². The van der Waals surface area contributed by atoms with Crippen molar-refractivity contribution in [3.8, 4) is 0 Å². The lowest BCUT2D eigenvalue weighted by atomic mass is 10.00. The highest BCUT2D eigenvalue weighted by molar-refractivity contribution is 6.09. The molecule has 1 saturated heterocycles. The summed E-state index contributed by atoms with van der Waals surface area (Å²) >= 11 is 0. The normalized spacial score (nSPS) is 15.8. The zero-order chi connectivity index (χ0) is 21.0. The monoisotopic (exact) mass is 396 g/mol. The molecular formula is C22H28N4O3. The number of nitro benzene ring substituents is 1. The summed E-state index contributed by atoms with van der Waals surface area (Å²) in [4.78, 5) is 28.5. The van der Waals surface area contributed by atoms with Crippen LogP contribution in [-0.2, 0) is 0 Å². The average molecular weight is 396 g/mol. The predicted molar refractivity (Wildman–Crippen MR) is 115 cm³/mol. The van der Waals surface area contributed by atoms with Gasteiger partial charge in [-0.05, 0) is 33.0 Å². The molecule has 1 heterocycles. The Labute approximate surface area is 171 Å². The number of nitrogens with one attached hydrogen (secondary N) is 1. The number of carbonyl (C=O) groups is 1. The van der Waals surface area contributed by atoms with Crippen molar-refractivity contribution in [2.24, 2.45) is 0 Å². The van der Waals surface area contributed by atoms with Crippen molar-refractivity contribution in [2.75, 3.05) is 45.1 Å². The third-order valence-corrected chi connectivity index (χ3v) is 5.56. The third-order valence-electron chi connectivity index (χ3n) is 5.56. The first-order valence-corrected chi connectivity index (χ1v) is 9.83.